The van der Waals surface area contributed by atoms with Crippen molar-refractivity contribution < 1.29 is 4.79 Å². The van der Waals surface area contributed by atoms with Gasteiger partial charge in [0.25, 0.3) is 5.56 Å². The SMILES string of the molecule is O=C(C1CCC1)N1CCN(CCn2nc3c(cc2=O)CCC3)CC1. The lowest BCUT2D eigenvalue weighted by Crippen LogP contribution is -2.51. The minimum Gasteiger partial charge on any atom is -0.340 e. The van der Waals surface area contributed by atoms with Gasteiger partial charge < -0.3 is 4.90 Å². The highest BCUT2D eigenvalue weighted by Gasteiger charge is 2.31. The molecule has 1 saturated heterocycles. The fourth-order valence-electron chi connectivity index (χ4n) is 3.94. The summed E-state index contributed by atoms with van der Waals surface area (Å²) in [5, 5.41) is 4.54. The monoisotopic (exact) mass is 330 g/mol. The van der Waals surface area contributed by atoms with Gasteiger partial charge in [0.15, 0.2) is 0 Å². The van der Waals surface area contributed by atoms with E-state index >= 15 is 0 Å². The Morgan fingerprint density at radius 1 is 1.08 bits per heavy atom. The Morgan fingerprint density at radius 3 is 2.58 bits per heavy atom. The van der Waals surface area contributed by atoms with Crippen molar-refractivity contribution in [1.29, 1.82) is 0 Å². The van der Waals surface area contributed by atoms with Crippen LogP contribution in [0.15, 0.2) is 10.9 Å². The van der Waals surface area contributed by atoms with Crippen LogP contribution >= 0.6 is 0 Å². The highest BCUT2D eigenvalue weighted by Crippen LogP contribution is 2.28. The Balaban J connectivity index is 1.28. The van der Waals surface area contributed by atoms with Crippen molar-refractivity contribution in [2.24, 2.45) is 5.92 Å². The molecule has 130 valence electrons. The Kier molecular flexibility index (Phi) is 4.39. The highest BCUT2D eigenvalue weighted by atomic mass is 16.2. The van der Waals surface area contributed by atoms with Crippen LogP contribution in [-0.2, 0) is 24.2 Å². The van der Waals surface area contributed by atoms with E-state index in [1.807, 2.05) is 4.90 Å². The first-order chi connectivity index (χ1) is 11.7. The van der Waals surface area contributed by atoms with Gasteiger partial charge in [-0.1, -0.05) is 6.42 Å². The lowest BCUT2D eigenvalue weighted by atomic mass is 9.84. The molecule has 24 heavy (non-hydrogen) atoms. The van der Waals surface area contributed by atoms with Gasteiger partial charge in [-0.25, -0.2) is 4.68 Å². The van der Waals surface area contributed by atoms with Crippen molar-refractivity contribution in [2.75, 3.05) is 32.7 Å². The summed E-state index contributed by atoms with van der Waals surface area (Å²) in [5.74, 6) is 0.656. The number of hydrogen-bond donors (Lipinski definition) is 0. The van der Waals surface area contributed by atoms with Gasteiger partial charge in [-0.15, -0.1) is 0 Å². The molecule has 2 aliphatic carbocycles. The zero-order valence-corrected chi connectivity index (χ0v) is 14.2. The number of carbonyl (C=O) groups excluding carboxylic acids is 1. The standard InChI is InChI=1S/C18H26N4O2/c23-17-13-15-5-2-6-16(15)19-22(17)12-9-20-7-10-21(11-8-20)18(24)14-3-1-4-14/h13-14H,1-12H2. The Labute approximate surface area is 142 Å². The van der Waals surface area contributed by atoms with E-state index in [2.05, 4.69) is 10.00 Å². The van der Waals surface area contributed by atoms with Gasteiger partial charge in [0.1, 0.15) is 0 Å². The topological polar surface area (TPSA) is 58.4 Å². The van der Waals surface area contributed by atoms with Crippen LogP contribution in [0, 0.1) is 5.92 Å². The van der Waals surface area contributed by atoms with Gasteiger partial charge in [0, 0.05) is 44.7 Å². The van der Waals surface area contributed by atoms with Gasteiger partial charge in [0.2, 0.25) is 5.91 Å². The normalized spacial score (nSPS) is 21.6. The number of aryl methyl sites for hydroxylation is 2. The second-order valence-electron chi connectivity index (χ2n) is 7.33. The van der Waals surface area contributed by atoms with E-state index in [0.717, 1.165) is 76.1 Å². The van der Waals surface area contributed by atoms with Gasteiger partial charge in [-0.05, 0) is 37.7 Å². The van der Waals surface area contributed by atoms with Crippen LogP contribution < -0.4 is 5.56 Å². The predicted octanol–water partition coefficient (Wildman–Crippen LogP) is 0.676. The quantitative estimate of drug-likeness (QED) is 0.814. The van der Waals surface area contributed by atoms with Crippen LogP contribution in [0.1, 0.15) is 36.9 Å². The van der Waals surface area contributed by atoms with Crippen LogP contribution in [0.25, 0.3) is 0 Å². The van der Waals surface area contributed by atoms with E-state index in [1.165, 1.54) is 6.42 Å². The second kappa shape index (κ2) is 6.67. The maximum Gasteiger partial charge on any atom is 0.267 e. The number of nitrogens with zero attached hydrogens (tertiary/aromatic N) is 4. The zero-order chi connectivity index (χ0) is 16.5. The number of piperazine rings is 1. The summed E-state index contributed by atoms with van der Waals surface area (Å²) in [7, 11) is 0. The zero-order valence-electron chi connectivity index (χ0n) is 14.2. The van der Waals surface area contributed by atoms with Gasteiger partial charge in [0.05, 0.1) is 12.2 Å². The van der Waals surface area contributed by atoms with E-state index in [0.29, 0.717) is 18.4 Å². The average molecular weight is 330 g/mol. The molecule has 1 aromatic heterocycles. The Morgan fingerprint density at radius 2 is 1.88 bits per heavy atom. The van der Waals surface area contributed by atoms with E-state index in [-0.39, 0.29) is 5.56 Å². The number of carbonyl (C=O) groups is 1. The third kappa shape index (κ3) is 3.11. The number of hydrogen-bond acceptors (Lipinski definition) is 4. The molecule has 0 bridgehead atoms. The van der Waals surface area contributed by atoms with Crippen molar-refractivity contribution >= 4 is 5.91 Å². The molecule has 0 radical (unpaired) electrons. The molecule has 2 heterocycles. The smallest absolute Gasteiger partial charge is 0.267 e. The minimum absolute atomic E-state index is 0.0226. The summed E-state index contributed by atoms with van der Waals surface area (Å²) in [6.45, 7) is 4.92. The lowest BCUT2D eigenvalue weighted by Gasteiger charge is -2.38. The molecule has 1 saturated carbocycles. The molecule has 0 spiro atoms. The van der Waals surface area contributed by atoms with Crippen molar-refractivity contribution in [1.82, 2.24) is 19.6 Å². The Bertz CT molecular complexity index is 672. The third-order valence-corrected chi connectivity index (χ3v) is 5.79. The molecule has 4 rings (SSSR count). The number of amides is 1. The number of fused-ring (bicyclic) bond motifs is 1. The van der Waals surface area contributed by atoms with Crippen LogP contribution in [0.4, 0.5) is 0 Å². The molecule has 0 unspecified atom stereocenters. The van der Waals surface area contributed by atoms with Crippen LogP contribution in [-0.4, -0.2) is 58.2 Å². The van der Waals surface area contributed by atoms with E-state index in [9.17, 15) is 9.59 Å². The minimum atomic E-state index is 0.0226. The molecule has 0 aromatic carbocycles. The van der Waals surface area contributed by atoms with Gasteiger partial charge in [-0.3, -0.25) is 14.5 Å². The number of aromatic nitrogens is 2. The second-order valence-corrected chi connectivity index (χ2v) is 7.33. The maximum atomic E-state index is 12.3. The van der Waals surface area contributed by atoms with Crippen molar-refractivity contribution in [3.05, 3.63) is 27.7 Å². The maximum absolute atomic E-state index is 12.3. The fourth-order valence-corrected chi connectivity index (χ4v) is 3.94. The van der Waals surface area contributed by atoms with E-state index in [4.69, 9.17) is 0 Å². The summed E-state index contributed by atoms with van der Waals surface area (Å²) in [4.78, 5) is 28.8. The molecule has 1 amide bonds. The van der Waals surface area contributed by atoms with E-state index < -0.39 is 0 Å². The first-order valence-electron chi connectivity index (χ1n) is 9.32. The number of rotatable bonds is 4. The van der Waals surface area contributed by atoms with Crippen molar-refractivity contribution in [3.63, 3.8) is 0 Å². The van der Waals surface area contributed by atoms with Crippen LogP contribution in [0.5, 0.6) is 0 Å². The predicted molar refractivity (Wildman–Crippen MR) is 90.9 cm³/mol. The first-order valence-corrected chi connectivity index (χ1v) is 9.32. The highest BCUT2D eigenvalue weighted by molar-refractivity contribution is 5.79. The molecule has 6 nitrogen and oxygen atoms in total. The Hall–Kier alpha value is -1.69. The first kappa shape index (κ1) is 15.8. The average Bonchev–Trinajstić information content (AvgIpc) is 2.98. The summed E-state index contributed by atoms with van der Waals surface area (Å²) in [6, 6.07) is 1.77. The molecule has 3 aliphatic rings. The van der Waals surface area contributed by atoms with Gasteiger partial charge >= 0.3 is 0 Å². The molecule has 1 aliphatic heterocycles. The molecule has 6 heteroatoms. The van der Waals surface area contributed by atoms with Crippen LogP contribution in [0.3, 0.4) is 0 Å². The molecule has 0 atom stereocenters. The molecule has 0 N–H and O–H groups in total. The lowest BCUT2D eigenvalue weighted by molar-refractivity contribution is -0.139. The van der Waals surface area contributed by atoms with Gasteiger partial charge in [-0.2, -0.15) is 5.10 Å². The summed E-state index contributed by atoms with van der Waals surface area (Å²) in [5.41, 5.74) is 2.26. The largest absolute Gasteiger partial charge is 0.340 e. The van der Waals surface area contributed by atoms with E-state index in [1.54, 1.807) is 10.7 Å². The van der Waals surface area contributed by atoms with Crippen molar-refractivity contribution in [2.45, 2.75) is 45.1 Å². The summed E-state index contributed by atoms with van der Waals surface area (Å²) < 4.78 is 1.62. The molecular formula is C18H26N4O2. The summed E-state index contributed by atoms with van der Waals surface area (Å²) in [6.07, 6.45) is 6.46. The fraction of sp³-hybridized carbons (Fsp3) is 0.722. The molecule has 1 aromatic rings. The van der Waals surface area contributed by atoms with Crippen LogP contribution in [0.2, 0.25) is 0 Å². The third-order valence-electron chi connectivity index (χ3n) is 5.79. The molecule has 2 fully saturated rings. The van der Waals surface area contributed by atoms with Crippen molar-refractivity contribution in [3.8, 4) is 0 Å². The molecular weight excluding hydrogens is 304 g/mol. The summed E-state index contributed by atoms with van der Waals surface area (Å²) >= 11 is 0.